The molecule has 0 spiro atoms. The van der Waals surface area contributed by atoms with Gasteiger partial charge in [0.2, 0.25) is 5.91 Å². The number of amides is 1. The number of methoxy groups -OCH3 is 1. The predicted molar refractivity (Wildman–Crippen MR) is 69.2 cm³/mol. The summed E-state index contributed by atoms with van der Waals surface area (Å²) >= 11 is 1.72. The maximum Gasteiger partial charge on any atom is 0.223 e. The molecule has 1 aromatic heterocycles. The highest BCUT2D eigenvalue weighted by atomic mass is 32.1. The van der Waals surface area contributed by atoms with Gasteiger partial charge in [-0.15, -0.1) is 11.3 Å². The molecule has 3 nitrogen and oxygen atoms in total. The van der Waals surface area contributed by atoms with Crippen LogP contribution in [0, 0.1) is 12.8 Å². The molecule has 1 aromatic rings. The standard InChI is InChI=1S/C13H19NO2S/c1-9-6-7-12(17-9)11(16-2)8-14-13(15)10-4-3-5-10/h6-7,10-11H,3-5,8H2,1-2H3,(H,14,15). The number of hydrogen-bond acceptors (Lipinski definition) is 3. The van der Waals surface area contributed by atoms with E-state index in [2.05, 4.69) is 24.4 Å². The average Bonchev–Trinajstić information content (AvgIpc) is 2.63. The van der Waals surface area contributed by atoms with Gasteiger partial charge in [-0.05, 0) is 31.9 Å². The summed E-state index contributed by atoms with van der Waals surface area (Å²) in [5.74, 6) is 0.434. The molecular formula is C13H19NO2S. The quantitative estimate of drug-likeness (QED) is 0.876. The minimum atomic E-state index is -0.0160. The summed E-state index contributed by atoms with van der Waals surface area (Å²) in [5, 5.41) is 2.99. The van der Waals surface area contributed by atoms with Crippen molar-refractivity contribution in [1.82, 2.24) is 5.32 Å². The molecule has 0 aromatic carbocycles. The van der Waals surface area contributed by atoms with Gasteiger partial charge in [-0.3, -0.25) is 4.79 Å². The van der Waals surface area contributed by atoms with E-state index in [1.807, 2.05) is 0 Å². The third-order valence-corrected chi connectivity index (χ3v) is 4.39. The Labute approximate surface area is 106 Å². The summed E-state index contributed by atoms with van der Waals surface area (Å²) in [4.78, 5) is 14.2. The average molecular weight is 253 g/mol. The van der Waals surface area contributed by atoms with Crippen molar-refractivity contribution in [3.05, 3.63) is 21.9 Å². The van der Waals surface area contributed by atoms with Crippen LogP contribution in [0.15, 0.2) is 12.1 Å². The molecule has 0 bridgehead atoms. The number of rotatable bonds is 5. The van der Waals surface area contributed by atoms with Gasteiger partial charge in [0, 0.05) is 29.3 Å². The van der Waals surface area contributed by atoms with Gasteiger partial charge in [-0.2, -0.15) is 0 Å². The summed E-state index contributed by atoms with van der Waals surface area (Å²) in [7, 11) is 1.69. The van der Waals surface area contributed by atoms with E-state index < -0.39 is 0 Å². The zero-order valence-corrected chi connectivity index (χ0v) is 11.2. The van der Waals surface area contributed by atoms with E-state index in [-0.39, 0.29) is 17.9 Å². The number of thiophene rings is 1. The van der Waals surface area contributed by atoms with Crippen LogP contribution in [0.25, 0.3) is 0 Å². The monoisotopic (exact) mass is 253 g/mol. The molecule has 94 valence electrons. The fourth-order valence-electron chi connectivity index (χ4n) is 1.93. The molecule has 0 saturated heterocycles. The van der Waals surface area contributed by atoms with Crippen LogP contribution >= 0.6 is 11.3 Å². The van der Waals surface area contributed by atoms with Crippen molar-refractivity contribution >= 4 is 17.2 Å². The largest absolute Gasteiger partial charge is 0.374 e. The first-order valence-corrected chi connectivity index (χ1v) is 6.89. The minimum Gasteiger partial charge on any atom is -0.374 e. The molecule has 2 rings (SSSR count). The maximum absolute atomic E-state index is 11.7. The molecule has 4 heteroatoms. The third kappa shape index (κ3) is 3.07. The van der Waals surface area contributed by atoms with Crippen LogP contribution in [0.5, 0.6) is 0 Å². The van der Waals surface area contributed by atoms with Gasteiger partial charge < -0.3 is 10.1 Å². The molecule has 1 aliphatic carbocycles. The molecule has 1 aliphatic rings. The zero-order valence-electron chi connectivity index (χ0n) is 10.4. The highest BCUT2D eigenvalue weighted by molar-refractivity contribution is 7.12. The molecule has 1 saturated carbocycles. The Morgan fingerprint density at radius 3 is 2.82 bits per heavy atom. The van der Waals surface area contributed by atoms with Crippen LogP contribution in [-0.2, 0) is 9.53 Å². The van der Waals surface area contributed by atoms with Crippen LogP contribution in [0.1, 0.15) is 35.1 Å². The van der Waals surface area contributed by atoms with Crippen molar-refractivity contribution in [2.24, 2.45) is 5.92 Å². The molecule has 0 aliphatic heterocycles. The van der Waals surface area contributed by atoms with Gasteiger partial charge in [0.1, 0.15) is 6.10 Å². The number of aryl methyl sites for hydroxylation is 1. The fraction of sp³-hybridized carbons (Fsp3) is 0.615. The second kappa shape index (κ2) is 5.65. The van der Waals surface area contributed by atoms with Crippen molar-refractivity contribution < 1.29 is 9.53 Å². The number of nitrogens with one attached hydrogen (secondary N) is 1. The molecular weight excluding hydrogens is 234 g/mol. The summed E-state index contributed by atoms with van der Waals surface area (Å²) in [6.07, 6.45) is 3.26. The van der Waals surface area contributed by atoms with Gasteiger partial charge >= 0.3 is 0 Å². The SMILES string of the molecule is COC(CNC(=O)C1CCC1)c1ccc(C)s1. The Bertz CT molecular complexity index is 385. The molecule has 1 atom stereocenters. The maximum atomic E-state index is 11.7. The smallest absolute Gasteiger partial charge is 0.223 e. The van der Waals surface area contributed by atoms with Gasteiger partial charge in [0.25, 0.3) is 0 Å². The Morgan fingerprint density at radius 2 is 2.35 bits per heavy atom. The van der Waals surface area contributed by atoms with Gasteiger partial charge in [-0.1, -0.05) is 6.42 Å². The highest BCUT2D eigenvalue weighted by Gasteiger charge is 2.25. The third-order valence-electron chi connectivity index (χ3n) is 3.30. The number of carbonyl (C=O) groups excluding carboxylic acids is 1. The molecule has 1 unspecified atom stereocenters. The summed E-state index contributed by atoms with van der Waals surface area (Å²) < 4.78 is 5.43. The summed E-state index contributed by atoms with van der Waals surface area (Å²) in [5.41, 5.74) is 0. The van der Waals surface area contributed by atoms with E-state index in [9.17, 15) is 4.79 Å². The Balaban J connectivity index is 1.85. The highest BCUT2D eigenvalue weighted by Crippen LogP contribution is 2.27. The van der Waals surface area contributed by atoms with Crippen molar-refractivity contribution in [3.8, 4) is 0 Å². The first-order valence-electron chi connectivity index (χ1n) is 6.07. The molecule has 1 N–H and O–H groups in total. The van der Waals surface area contributed by atoms with Crippen LogP contribution in [0.4, 0.5) is 0 Å². The number of ether oxygens (including phenoxy) is 1. The van der Waals surface area contributed by atoms with Gasteiger partial charge in [0.15, 0.2) is 0 Å². The Morgan fingerprint density at radius 1 is 1.59 bits per heavy atom. The lowest BCUT2D eigenvalue weighted by Crippen LogP contribution is -2.36. The molecule has 1 amide bonds. The van der Waals surface area contributed by atoms with E-state index in [0.29, 0.717) is 6.54 Å². The normalized spacial score (nSPS) is 17.5. The van der Waals surface area contributed by atoms with Crippen LogP contribution in [-0.4, -0.2) is 19.6 Å². The summed E-state index contributed by atoms with van der Waals surface area (Å²) in [6.45, 7) is 2.65. The van der Waals surface area contributed by atoms with Crippen molar-refractivity contribution in [3.63, 3.8) is 0 Å². The topological polar surface area (TPSA) is 38.3 Å². The first-order chi connectivity index (χ1) is 8.20. The van der Waals surface area contributed by atoms with E-state index in [4.69, 9.17) is 4.74 Å². The first kappa shape index (κ1) is 12.6. The second-order valence-electron chi connectivity index (χ2n) is 4.55. The van der Waals surface area contributed by atoms with Gasteiger partial charge in [0.05, 0.1) is 0 Å². The fourth-order valence-corrected chi connectivity index (χ4v) is 2.89. The minimum absolute atomic E-state index is 0.0160. The van der Waals surface area contributed by atoms with Gasteiger partial charge in [-0.25, -0.2) is 0 Å². The number of hydrogen-bond donors (Lipinski definition) is 1. The number of carbonyl (C=O) groups is 1. The Hall–Kier alpha value is -0.870. The van der Waals surface area contributed by atoms with E-state index >= 15 is 0 Å². The van der Waals surface area contributed by atoms with Crippen molar-refractivity contribution in [1.29, 1.82) is 0 Å². The Kier molecular flexibility index (Phi) is 4.18. The van der Waals surface area contributed by atoms with Crippen LogP contribution in [0.3, 0.4) is 0 Å². The zero-order chi connectivity index (χ0) is 12.3. The summed E-state index contributed by atoms with van der Waals surface area (Å²) in [6, 6.07) is 4.16. The molecule has 1 heterocycles. The van der Waals surface area contributed by atoms with Crippen molar-refractivity contribution in [2.45, 2.75) is 32.3 Å². The van der Waals surface area contributed by atoms with Crippen molar-refractivity contribution in [2.75, 3.05) is 13.7 Å². The van der Waals surface area contributed by atoms with E-state index in [1.54, 1.807) is 18.4 Å². The lowest BCUT2D eigenvalue weighted by Gasteiger charge is -2.25. The lowest BCUT2D eigenvalue weighted by atomic mass is 9.85. The predicted octanol–water partition coefficient (Wildman–Crippen LogP) is 2.66. The second-order valence-corrected chi connectivity index (χ2v) is 5.87. The molecule has 1 fully saturated rings. The molecule has 0 radical (unpaired) electrons. The van der Waals surface area contributed by atoms with Crippen LogP contribution < -0.4 is 5.32 Å². The lowest BCUT2D eigenvalue weighted by molar-refractivity contribution is -0.127. The van der Waals surface area contributed by atoms with E-state index in [1.165, 1.54) is 16.2 Å². The van der Waals surface area contributed by atoms with Crippen LogP contribution in [0.2, 0.25) is 0 Å². The van der Waals surface area contributed by atoms with E-state index in [0.717, 1.165) is 12.8 Å². The molecule has 17 heavy (non-hydrogen) atoms.